The van der Waals surface area contributed by atoms with Crippen molar-refractivity contribution in [2.45, 2.75) is 84.7 Å². The molecule has 3 atom stereocenters. The van der Waals surface area contributed by atoms with E-state index < -0.39 is 22.9 Å². The number of Topliss-reactive ketones (excluding diaryl/α,β-unsaturated/α-hetero) is 1. The van der Waals surface area contributed by atoms with Crippen LogP contribution >= 0.6 is 11.8 Å². The van der Waals surface area contributed by atoms with Gasteiger partial charge in [-0.2, -0.15) is 0 Å². The van der Waals surface area contributed by atoms with Gasteiger partial charge >= 0.3 is 5.97 Å². The van der Waals surface area contributed by atoms with E-state index in [1.165, 1.54) is 17.3 Å². The number of aromatic nitrogens is 1. The van der Waals surface area contributed by atoms with Crippen molar-refractivity contribution in [1.29, 1.82) is 0 Å². The van der Waals surface area contributed by atoms with E-state index in [0.29, 0.717) is 6.42 Å². The summed E-state index contributed by atoms with van der Waals surface area (Å²) >= 11 is 1.26. The van der Waals surface area contributed by atoms with Gasteiger partial charge in [0.2, 0.25) is 0 Å². The Morgan fingerprint density at radius 2 is 1.91 bits per heavy atom. The third-order valence-electron chi connectivity index (χ3n) is 6.25. The van der Waals surface area contributed by atoms with Gasteiger partial charge < -0.3 is 9.84 Å². The molecule has 1 aromatic rings. The van der Waals surface area contributed by atoms with Gasteiger partial charge in [-0.1, -0.05) is 30.7 Å². The van der Waals surface area contributed by atoms with Crippen molar-refractivity contribution in [1.82, 2.24) is 4.98 Å². The molecular formula is C28H39NO4S. The molecule has 2 rings (SSSR count). The molecule has 1 aromatic heterocycles. The van der Waals surface area contributed by atoms with Crippen LogP contribution in [0.25, 0.3) is 6.08 Å². The molecule has 0 fully saturated rings. The number of carbonyl (C=O) groups excluding carboxylic acids is 2. The summed E-state index contributed by atoms with van der Waals surface area (Å²) in [4.78, 5) is 30.4. The lowest BCUT2D eigenvalue weighted by Crippen LogP contribution is -2.39. The van der Waals surface area contributed by atoms with Gasteiger partial charge in [0, 0.05) is 18.0 Å². The zero-order chi connectivity index (χ0) is 25.5. The van der Waals surface area contributed by atoms with Crippen molar-refractivity contribution in [3.8, 4) is 0 Å². The van der Waals surface area contributed by atoms with E-state index in [2.05, 4.69) is 18.0 Å². The molecule has 0 amide bonds. The molecule has 0 spiro atoms. The molecule has 1 N–H and O–H groups in total. The summed E-state index contributed by atoms with van der Waals surface area (Å²) in [6, 6.07) is 5.84. The zero-order valence-corrected chi connectivity index (χ0v) is 22.4. The second kappa shape index (κ2) is 12.5. The third kappa shape index (κ3) is 8.24. The number of ketones is 1. The summed E-state index contributed by atoms with van der Waals surface area (Å²) in [6.07, 6.45) is 7.03. The number of hydrogen-bond donors (Lipinski definition) is 1. The Balaban J connectivity index is 2.33. The average Bonchev–Trinajstić information content (AvgIpc) is 2.78. The van der Waals surface area contributed by atoms with Crippen LogP contribution < -0.4 is 0 Å². The Morgan fingerprint density at radius 1 is 1.21 bits per heavy atom. The number of ether oxygens (including phenoxy) is 1. The highest BCUT2D eigenvalue weighted by Crippen LogP contribution is 2.31. The van der Waals surface area contributed by atoms with Crippen molar-refractivity contribution in [3.63, 3.8) is 0 Å². The topological polar surface area (TPSA) is 76.5 Å². The van der Waals surface area contributed by atoms with Crippen LogP contribution in [-0.4, -0.2) is 44.6 Å². The van der Waals surface area contributed by atoms with E-state index in [9.17, 15) is 14.7 Å². The summed E-state index contributed by atoms with van der Waals surface area (Å²) < 4.78 is 5.06. The average molecular weight is 486 g/mol. The minimum Gasteiger partial charge on any atom is -0.457 e. The number of esters is 1. The number of hydrogen-bond acceptors (Lipinski definition) is 6. The van der Waals surface area contributed by atoms with Crippen molar-refractivity contribution in [3.05, 3.63) is 58.5 Å². The first-order valence-electron chi connectivity index (χ1n) is 11.9. The number of pyridine rings is 1. The molecule has 0 saturated heterocycles. The van der Waals surface area contributed by atoms with E-state index in [-0.39, 0.29) is 17.5 Å². The lowest BCUT2D eigenvalue weighted by atomic mass is 9.88. The lowest BCUT2D eigenvalue weighted by molar-refractivity contribution is -0.143. The summed E-state index contributed by atoms with van der Waals surface area (Å²) in [6.45, 7) is 13.2. The maximum absolute atomic E-state index is 13.1. The number of carbonyl (C=O) groups is 2. The van der Waals surface area contributed by atoms with E-state index in [0.717, 1.165) is 35.4 Å². The van der Waals surface area contributed by atoms with Gasteiger partial charge in [0.25, 0.3) is 0 Å². The highest BCUT2D eigenvalue weighted by Gasteiger charge is 2.36. The first kappa shape index (κ1) is 28.1. The predicted octanol–water partition coefficient (Wildman–Crippen LogP) is 5.86. The first-order valence-corrected chi connectivity index (χ1v) is 12.9. The van der Waals surface area contributed by atoms with Gasteiger partial charge in [-0.25, -0.2) is 0 Å². The van der Waals surface area contributed by atoms with Crippen LogP contribution in [0, 0.1) is 12.8 Å². The zero-order valence-electron chi connectivity index (χ0n) is 21.6. The molecule has 34 heavy (non-hydrogen) atoms. The van der Waals surface area contributed by atoms with Crippen molar-refractivity contribution in [2.24, 2.45) is 5.92 Å². The maximum atomic E-state index is 13.1. The Hall–Kier alpha value is -2.18. The van der Waals surface area contributed by atoms with Crippen molar-refractivity contribution in [2.75, 3.05) is 5.75 Å². The number of aryl methyl sites for hydroxylation is 1. The Kier molecular flexibility index (Phi) is 10.3. The summed E-state index contributed by atoms with van der Waals surface area (Å²) in [7, 11) is 0. The van der Waals surface area contributed by atoms with Crippen LogP contribution in [0.15, 0.2) is 47.1 Å². The molecule has 186 valence electrons. The molecule has 2 heterocycles. The molecule has 5 nitrogen and oxygen atoms in total. The second-order valence-electron chi connectivity index (χ2n) is 9.74. The summed E-state index contributed by atoms with van der Waals surface area (Å²) in [5.41, 5.74) is 4.68. The lowest BCUT2D eigenvalue weighted by Gasteiger charge is -2.29. The quantitative estimate of drug-likeness (QED) is 0.418. The fourth-order valence-corrected chi connectivity index (χ4v) is 4.82. The second-order valence-corrected chi connectivity index (χ2v) is 11.3. The van der Waals surface area contributed by atoms with Crippen LogP contribution in [0.1, 0.15) is 72.2 Å². The van der Waals surface area contributed by atoms with Crippen LogP contribution in [0.3, 0.4) is 0 Å². The Morgan fingerprint density at radius 3 is 2.59 bits per heavy atom. The third-order valence-corrected chi connectivity index (χ3v) is 7.55. The van der Waals surface area contributed by atoms with Crippen LogP contribution in [0.4, 0.5) is 0 Å². The minimum atomic E-state index is -0.830. The van der Waals surface area contributed by atoms with Gasteiger partial charge in [-0.3, -0.25) is 14.6 Å². The number of nitrogens with zero attached hydrogens (tertiary/aromatic N) is 1. The highest BCUT2D eigenvalue weighted by atomic mass is 32.2. The van der Waals surface area contributed by atoms with E-state index in [1.54, 1.807) is 20.8 Å². The molecule has 0 aromatic carbocycles. The summed E-state index contributed by atoms with van der Waals surface area (Å²) in [5, 5.41) is 10.7. The van der Waals surface area contributed by atoms with E-state index in [1.807, 2.05) is 51.1 Å². The molecule has 0 unspecified atom stereocenters. The van der Waals surface area contributed by atoms with E-state index >= 15 is 0 Å². The van der Waals surface area contributed by atoms with Crippen LogP contribution in [-0.2, 0) is 14.3 Å². The maximum Gasteiger partial charge on any atom is 0.316 e. The van der Waals surface area contributed by atoms with Gasteiger partial charge in [0.1, 0.15) is 6.10 Å². The molecule has 0 aliphatic carbocycles. The first-order chi connectivity index (χ1) is 15.9. The molecule has 0 radical (unpaired) electrons. The van der Waals surface area contributed by atoms with Gasteiger partial charge in [-0.15, -0.1) is 11.8 Å². The Bertz CT molecular complexity index is 976. The smallest absolute Gasteiger partial charge is 0.316 e. The minimum absolute atomic E-state index is 0.0611. The molecule has 0 bridgehead atoms. The van der Waals surface area contributed by atoms with Crippen molar-refractivity contribution < 1.29 is 19.4 Å². The van der Waals surface area contributed by atoms with Crippen LogP contribution in [0.2, 0.25) is 0 Å². The molecule has 6 heteroatoms. The highest BCUT2D eigenvalue weighted by molar-refractivity contribution is 8.02. The summed E-state index contributed by atoms with van der Waals surface area (Å²) in [5.74, 6) is -0.930. The number of allylic oxidation sites excluding steroid dienone is 2. The monoisotopic (exact) mass is 485 g/mol. The fraction of sp³-hybridized carbons (Fsp3) is 0.536. The van der Waals surface area contributed by atoms with E-state index in [4.69, 9.17) is 4.74 Å². The predicted molar refractivity (Wildman–Crippen MR) is 141 cm³/mol. The number of rotatable bonds is 2. The fourth-order valence-electron chi connectivity index (χ4n) is 3.95. The van der Waals surface area contributed by atoms with Gasteiger partial charge in [0.05, 0.1) is 22.3 Å². The van der Waals surface area contributed by atoms with Crippen molar-refractivity contribution >= 4 is 29.6 Å². The number of aliphatic hydroxyl groups excluding tert-OH is 1. The Labute approximate surface area is 208 Å². The molecular weight excluding hydrogens is 446 g/mol. The molecule has 0 saturated carbocycles. The molecule has 1 aliphatic heterocycles. The number of thioether (sulfide) groups is 1. The SMILES string of the molecule is C/C1=C/C[C@@H](/C(C)=C/c2cccc(C)n2)OC(=O)CSC(C)(C)C(=O)[C@H](C)[C@@H](O)/C(C)=C/CC1. The molecule has 1 aliphatic rings. The van der Waals surface area contributed by atoms with Gasteiger partial charge in [0.15, 0.2) is 5.78 Å². The largest absolute Gasteiger partial charge is 0.457 e. The van der Waals surface area contributed by atoms with Gasteiger partial charge in [-0.05, 0) is 83.7 Å². The normalized spacial score (nSPS) is 28.9. The number of cyclic esters (lactones) is 1. The standard InChI is InChI=1S/C28H39NO4S/c1-18-10-8-11-19(2)26(31)22(5)27(32)28(6,7)34-17-25(30)33-24(15-14-18)20(3)16-23-13-9-12-21(4)29-23/h9,11-14,16,22,24,26,31H,8,10,15,17H2,1-7H3/b18-14-,19-11+,20-16+/t22-,24+,26+/m1/s1. The number of aliphatic hydroxyl groups is 1. The van der Waals surface area contributed by atoms with Crippen LogP contribution in [0.5, 0.6) is 0 Å².